The number of nitrogens with zero attached hydrogens (tertiary/aromatic N) is 3. The monoisotopic (exact) mass is 296 g/mol. The van der Waals surface area contributed by atoms with Gasteiger partial charge in [0.1, 0.15) is 12.1 Å². The molecule has 0 unspecified atom stereocenters. The molecule has 22 heavy (non-hydrogen) atoms. The summed E-state index contributed by atoms with van der Waals surface area (Å²) in [4.78, 5) is 11.2. The first-order chi connectivity index (χ1) is 10.7. The Labute approximate surface area is 132 Å². The van der Waals surface area contributed by atoms with E-state index >= 15 is 0 Å². The van der Waals surface area contributed by atoms with Gasteiger partial charge in [0.05, 0.1) is 5.52 Å². The summed E-state index contributed by atoms with van der Waals surface area (Å²) in [5.74, 6) is 0.946. The second kappa shape index (κ2) is 6.44. The summed E-state index contributed by atoms with van der Waals surface area (Å²) in [5, 5.41) is 4.71. The van der Waals surface area contributed by atoms with Crippen LogP contribution < -0.4 is 5.32 Å². The Morgan fingerprint density at radius 3 is 2.64 bits per heavy atom. The Bertz CT molecular complexity index is 657. The van der Waals surface area contributed by atoms with Gasteiger partial charge in [-0.3, -0.25) is 0 Å². The van der Waals surface area contributed by atoms with Crippen LogP contribution in [-0.2, 0) is 0 Å². The van der Waals surface area contributed by atoms with Crippen LogP contribution in [0.3, 0.4) is 0 Å². The van der Waals surface area contributed by atoms with Gasteiger partial charge in [0.2, 0.25) is 0 Å². The van der Waals surface area contributed by atoms with Crippen molar-refractivity contribution in [1.82, 2.24) is 14.9 Å². The molecule has 1 saturated carbocycles. The zero-order chi connectivity index (χ0) is 15.5. The van der Waals surface area contributed by atoms with Crippen LogP contribution in [0.1, 0.15) is 31.2 Å². The number of hydrogen-bond acceptors (Lipinski definition) is 4. The van der Waals surface area contributed by atoms with E-state index in [9.17, 15) is 0 Å². The summed E-state index contributed by atoms with van der Waals surface area (Å²) in [5.41, 5.74) is 2.08. The predicted octanol–water partition coefficient (Wildman–Crippen LogP) is 3.56. The smallest absolute Gasteiger partial charge is 0.137 e. The van der Waals surface area contributed by atoms with Crippen LogP contribution in [0.2, 0.25) is 0 Å². The third kappa shape index (κ3) is 3.12. The minimum atomic E-state index is 0.502. The van der Waals surface area contributed by atoms with Gasteiger partial charge in [0, 0.05) is 17.5 Å². The van der Waals surface area contributed by atoms with Crippen molar-refractivity contribution in [3.63, 3.8) is 0 Å². The van der Waals surface area contributed by atoms with Crippen LogP contribution >= 0.6 is 0 Å². The first kappa shape index (κ1) is 15.0. The van der Waals surface area contributed by atoms with Gasteiger partial charge in [-0.2, -0.15) is 0 Å². The third-order valence-electron chi connectivity index (χ3n) is 4.66. The zero-order valence-corrected chi connectivity index (χ0v) is 13.4. The van der Waals surface area contributed by atoms with Crippen molar-refractivity contribution in [2.24, 2.45) is 0 Å². The lowest BCUT2D eigenvalue weighted by atomic mass is 9.90. The van der Waals surface area contributed by atoms with Crippen LogP contribution in [0.5, 0.6) is 0 Å². The fourth-order valence-corrected chi connectivity index (χ4v) is 3.25. The summed E-state index contributed by atoms with van der Waals surface area (Å²) < 4.78 is 0. The van der Waals surface area contributed by atoms with E-state index in [1.54, 1.807) is 6.33 Å². The molecule has 0 amide bonds. The molecule has 1 aromatic carbocycles. The van der Waals surface area contributed by atoms with Gasteiger partial charge >= 0.3 is 0 Å². The minimum Gasteiger partial charge on any atom is -0.367 e. The second-order valence-corrected chi connectivity index (χ2v) is 6.32. The van der Waals surface area contributed by atoms with E-state index in [1.165, 1.54) is 25.7 Å². The Balaban J connectivity index is 1.78. The minimum absolute atomic E-state index is 0.502. The Morgan fingerprint density at radius 1 is 1.18 bits per heavy atom. The molecule has 1 fully saturated rings. The van der Waals surface area contributed by atoms with Crippen LogP contribution in [0.4, 0.5) is 5.82 Å². The van der Waals surface area contributed by atoms with Gasteiger partial charge in [0.25, 0.3) is 0 Å². The molecule has 1 aliphatic carbocycles. The molecular weight excluding hydrogens is 272 g/mol. The number of nitrogens with one attached hydrogen (secondary N) is 1. The third-order valence-corrected chi connectivity index (χ3v) is 4.66. The summed E-state index contributed by atoms with van der Waals surface area (Å²) in [6, 6.07) is 7.39. The van der Waals surface area contributed by atoms with Crippen LogP contribution in [0, 0.1) is 0 Å². The second-order valence-electron chi connectivity index (χ2n) is 6.32. The normalized spacial score (nSPS) is 22.0. The molecule has 1 aromatic heterocycles. The van der Waals surface area contributed by atoms with Crippen molar-refractivity contribution in [2.75, 3.05) is 19.4 Å². The molecule has 4 nitrogen and oxygen atoms in total. The summed E-state index contributed by atoms with van der Waals surface area (Å²) in [7, 11) is 4.35. The van der Waals surface area contributed by atoms with Gasteiger partial charge < -0.3 is 10.2 Å². The maximum atomic E-state index is 4.46. The van der Waals surface area contributed by atoms with E-state index in [2.05, 4.69) is 46.9 Å². The molecule has 1 N–H and O–H groups in total. The number of anilines is 1. The molecule has 1 heterocycles. The van der Waals surface area contributed by atoms with E-state index in [1.807, 2.05) is 18.2 Å². The van der Waals surface area contributed by atoms with E-state index < -0.39 is 0 Å². The SMILES string of the molecule is C=Cc1ccc2ncnc(NC3CCC(N(C)C)CC3)c2c1. The van der Waals surface area contributed by atoms with Crippen molar-refractivity contribution in [2.45, 2.75) is 37.8 Å². The van der Waals surface area contributed by atoms with Crippen LogP contribution in [-0.4, -0.2) is 41.0 Å². The summed E-state index contributed by atoms with van der Waals surface area (Å²) in [6.45, 7) is 3.84. The highest BCUT2D eigenvalue weighted by Crippen LogP contribution is 2.27. The van der Waals surface area contributed by atoms with Gasteiger partial charge in [-0.1, -0.05) is 18.7 Å². The molecule has 0 aliphatic heterocycles. The summed E-state index contributed by atoms with van der Waals surface area (Å²) in [6.07, 6.45) is 8.37. The van der Waals surface area contributed by atoms with Gasteiger partial charge in [0.15, 0.2) is 0 Å². The van der Waals surface area contributed by atoms with E-state index in [4.69, 9.17) is 0 Å². The van der Waals surface area contributed by atoms with Gasteiger partial charge in [-0.25, -0.2) is 9.97 Å². The quantitative estimate of drug-likeness (QED) is 0.936. The van der Waals surface area contributed by atoms with Crippen molar-refractivity contribution < 1.29 is 0 Å². The highest BCUT2D eigenvalue weighted by molar-refractivity contribution is 5.90. The van der Waals surface area contributed by atoms with Crippen LogP contribution in [0.25, 0.3) is 17.0 Å². The predicted molar refractivity (Wildman–Crippen MR) is 93.0 cm³/mol. The van der Waals surface area contributed by atoms with E-state index in [0.717, 1.165) is 22.3 Å². The first-order valence-corrected chi connectivity index (χ1v) is 7.97. The largest absolute Gasteiger partial charge is 0.367 e. The molecule has 0 saturated heterocycles. The molecule has 0 bridgehead atoms. The molecule has 0 spiro atoms. The fourth-order valence-electron chi connectivity index (χ4n) is 3.25. The van der Waals surface area contributed by atoms with Gasteiger partial charge in [-0.05, 0) is 57.5 Å². The maximum Gasteiger partial charge on any atom is 0.137 e. The topological polar surface area (TPSA) is 41.1 Å². The highest BCUT2D eigenvalue weighted by atomic mass is 15.1. The van der Waals surface area contributed by atoms with Crippen molar-refractivity contribution in [3.05, 3.63) is 36.7 Å². The van der Waals surface area contributed by atoms with Crippen molar-refractivity contribution in [3.8, 4) is 0 Å². The summed E-state index contributed by atoms with van der Waals surface area (Å²) >= 11 is 0. The molecule has 0 atom stereocenters. The number of rotatable bonds is 4. The maximum absolute atomic E-state index is 4.46. The number of hydrogen-bond donors (Lipinski definition) is 1. The molecular formula is C18H24N4. The van der Waals surface area contributed by atoms with Crippen molar-refractivity contribution in [1.29, 1.82) is 0 Å². The molecule has 1 aliphatic rings. The average molecular weight is 296 g/mol. The molecule has 4 heteroatoms. The molecule has 3 rings (SSSR count). The van der Waals surface area contributed by atoms with Crippen molar-refractivity contribution >= 4 is 22.8 Å². The van der Waals surface area contributed by atoms with Gasteiger partial charge in [-0.15, -0.1) is 0 Å². The lowest BCUT2D eigenvalue weighted by Crippen LogP contribution is -2.36. The first-order valence-electron chi connectivity index (χ1n) is 7.97. The highest BCUT2D eigenvalue weighted by Gasteiger charge is 2.22. The molecule has 116 valence electrons. The molecule has 2 aromatic rings. The number of fused-ring (bicyclic) bond motifs is 1. The Kier molecular flexibility index (Phi) is 4.39. The lowest BCUT2D eigenvalue weighted by Gasteiger charge is -2.33. The zero-order valence-electron chi connectivity index (χ0n) is 13.4. The fraction of sp³-hybridized carbons (Fsp3) is 0.444. The standard InChI is InChI=1S/C18H24N4/c1-4-13-5-10-17-16(11-13)18(20-12-19-17)21-14-6-8-15(9-7-14)22(2)3/h4-5,10-12,14-15H,1,6-9H2,2-3H3,(H,19,20,21). The van der Waals surface area contributed by atoms with Crippen LogP contribution in [0.15, 0.2) is 31.1 Å². The van der Waals surface area contributed by atoms with E-state index in [-0.39, 0.29) is 0 Å². The van der Waals surface area contributed by atoms with E-state index in [0.29, 0.717) is 12.1 Å². The lowest BCUT2D eigenvalue weighted by molar-refractivity contribution is 0.221. The molecule has 0 radical (unpaired) electrons. The average Bonchev–Trinajstić information content (AvgIpc) is 2.55. The Hall–Kier alpha value is -1.94. The number of benzene rings is 1. The Morgan fingerprint density at radius 2 is 1.95 bits per heavy atom. The number of aromatic nitrogens is 2.